The van der Waals surface area contributed by atoms with Gasteiger partial charge in [0.15, 0.2) is 0 Å². The minimum absolute atomic E-state index is 0.0125. The summed E-state index contributed by atoms with van der Waals surface area (Å²) in [6.07, 6.45) is 1.50. The number of sulfonamides is 1. The first-order chi connectivity index (χ1) is 9.32. The van der Waals surface area contributed by atoms with E-state index in [9.17, 15) is 13.2 Å². The number of hydrogen-bond acceptors (Lipinski definition) is 5. The van der Waals surface area contributed by atoms with Crippen LogP contribution in [0.3, 0.4) is 0 Å². The topological polar surface area (TPSA) is 87.8 Å². The molecule has 0 atom stereocenters. The van der Waals surface area contributed by atoms with Crippen LogP contribution >= 0.6 is 11.3 Å². The summed E-state index contributed by atoms with van der Waals surface area (Å²) in [6, 6.07) is 2.87. The van der Waals surface area contributed by atoms with Crippen molar-refractivity contribution in [1.82, 2.24) is 4.31 Å². The van der Waals surface area contributed by atoms with Crippen molar-refractivity contribution in [3.63, 3.8) is 0 Å². The van der Waals surface area contributed by atoms with Gasteiger partial charge in [-0.3, -0.25) is 0 Å². The average molecular weight is 315 g/mol. The first-order valence-corrected chi connectivity index (χ1v) is 7.95. The second-order valence-electron chi connectivity index (χ2n) is 4.22. The first kappa shape index (κ1) is 14.8. The van der Waals surface area contributed by atoms with Crippen molar-refractivity contribution in [2.75, 3.05) is 7.05 Å². The molecule has 0 aliphatic heterocycles. The summed E-state index contributed by atoms with van der Waals surface area (Å²) in [7, 11) is -2.25. The van der Waals surface area contributed by atoms with Crippen LogP contribution in [0.25, 0.3) is 0 Å². The molecule has 0 saturated carbocycles. The van der Waals surface area contributed by atoms with Crippen molar-refractivity contribution in [3.05, 3.63) is 40.7 Å². The zero-order chi connectivity index (χ0) is 14.9. The van der Waals surface area contributed by atoms with Crippen molar-refractivity contribution in [2.45, 2.75) is 17.7 Å². The van der Waals surface area contributed by atoms with E-state index in [2.05, 4.69) is 0 Å². The molecule has 0 aliphatic carbocycles. The molecule has 0 fully saturated rings. The molecule has 0 bridgehead atoms. The van der Waals surface area contributed by atoms with Gasteiger partial charge in [-0.25, -0.2) is 13.2 Å². The first-order valence-electron chi connectivity index (χ1n) is 5.63. The SMILES string of the molecule is Cc1occc1CN(C)S(=O)(=O)c1cc(C(=O)O)cs1. The quantitative estimate of drug-likeness (QED) is 0.913. The van der Waals surface area contributed by atoms with Gasteiger partial charge in [-0.15, -0.1) is 11.3 Å². The van der Waals surface area contributed by atoms with Gasteiger partial charge < -0.3 is 9.52 Å². The summed E-state index contributed by atoms with van der Waals surface area (Å²) < 4.78 is 30.9. The number of aromatic carboxylic acids is 1. The fraction of sp³-hybridized carbons (Fsp3) is 0.250. The van der Waals surface area contributed by atoms with Crippen LogP contribution in [0.4, 0.5) is 0 Å². The molecule has 0 aliphatic rings. The fourth-order valence-electron chi connectivity index (χ4n) is 1.62. The normalized spacial score (nSPS) is 11.9. The van der Waals surface area contributed by atoms with Gasteiger partial charge >= 0.3 is 5.97 Å². The van der Waals surface area contributed by atoms with Crippen molar-refractivity contribution in [2.24, 2.45) is 0 Å². The smallest absolute Gasteiger partial charge is 0.336 e. The monoisotopic (exact) mass is 315 g/mol. The Morgan fingerprint density at radius 2 is 2.20 bits per heavy atom. The van der Waals surface area contributed by atoms with E-state index < -0.39 is 16.0 Å². The number of carboxylic acid groups (broad SMARTS) is 1. The van der Waals surface area contributed by atoms with Gasteiger partial charge in [0.05, 0.1) is 11.8 Å². The molecule has 2 aromatic heterocycles. The van der Waals surface area contributed by atoms with Gasteiger partial charge in [0.1, 0.15) is 9.97 Å². The summed E-state index contributed by atoms with van der Waals surface area (Å²) in [6.45, 7) is 1.93. The molecule has 2 rings (SSSR count). The molecule has 8 heteroatoms. The largest absolute Gasteiger partial charge is 0.478 e. The van der Waals surface area contributed by atoms with Crippen molar-refractivity contribution < 1.29 is 22.7 Å². The molecular formula is C12H13NO5S2. The Balaban J connectivity index is 2.25. The Morgan fingerprint density at radius 3 is 2.70 bits per heavy atom. The average Bonchev–Trinajstić information content (AvgIpc) is 2.99. The lowest BCUT2D eigenvalue weighted by Gasteiger charge is -2.15. The van der Waals surface area contributed by atoms with Crippen molar-refractivity contribution >= 4 is 27.3 Å². The highest BCUT2D eigenvalue weighted by Crippen LogP contribution is 2.25. The van der Waals surface area contributed by atoms with E-state index in [-0.39, 0.29) is 16.3 Å². The summed E-state index contributed by atoms with van der Waals surface area (Å²) in [4.78, 5) is 10.8. The van der Waals surface area contributed by atoms with Crippen molar-refractivity contribution in [3.8, 4) is 0 Å². The molecule has 0 amide bonds. The molecule has 1 N–H and O–H groups in total. The number of nitrogens with zero attached hydrogens (tertiary/aromatic N) is 1. The van der Waals surface area contributed by atoms with E-state index in [1.807, 2.05) is 0 Å². The van der Waals surface area contributed by atoms with E-state index in [1.165, 1.54) is 29.1 Å². The van der Waals surface area contributed by atoms with Gasteiger partial charge in [-0.1, -0.05) is 0 Å². The Labute approximate surface area is 120 Å². The number of hydrogen-bond donors (Lipinski definition) is 1. The molecular weight excluding hydrogens is 302 g/mol. The lowest BCUT2D eigenvalue weighted by Crippen LogP contribution is -2.25. The summed E-state index contributed by atoms with van der Waals surface area (Å²) in [5, 5.41) is 10.1. The van der Waals surface area contributed by atoms with Gasteiger partial charge in [-0.2, -0.15) is 4.31 Å². The molecule has 6 nitrogen and oxygen atoms in total. The number of rotatable bonds is 5. The number of aryl methyl sites for hydroxylation is 1. The Hall–Kier alpha value is -1.64. The van der Waals surface area contributed by atoms with Gasteiger partial charge in [0, 0.05) is 24.5 Å². The standard InChI is InChI=1S/C12H13NO5S2/c1-8-9(3-4-18-8)6-13(2)20(16,17)11-5-10(7-19-11)12(14)15/h3-5,7H,6H2,1-2H3,(H,14,15). The fourth-order valence-corrected chi connectivity index (χ4v) is 4.13. The Morgan fingerprint density at radius 1 is 1.50 bits per heavy atom. The molecule has 2 aromatic rings. The number of carbonyl (C=O) groups is 1. The maximum atomic E-state index is 12.3. The summed E-state index contributed by atoms with van der Waals surface area (Å²) in [5.41, 5.74) is 0.743. The molecule has 108 valence electrons. The van der Waals surface area contributed by atoms with Crippen molar-refractivity contribution in [1.29, 1.82) is 0 Å². The van der Waals surface area contributed by atoms with Crippen LogP contribution < -0.4 is 0 Å². The molecule has 0 radical (unpaired) electrons. The molecule has 20 heavy (non-hydrogen) atoms. The lowest BCUT2D eigenvalue weighted by molar-refractivity contribution is 0.0697. The molecule has 0 unspecified atom stereocenters. The van der Waals surface area contributed by atoms with E-state index in [0.717, 1.165) is 16.9 Å². The molecule has 0 spiro atoms. The van der Waals surface area contributed by atoms with Crippen LogP contribution in [0, 0.1) is 6.92 Å². The minimum Gasteiger partial charge on any atom is -0.478 e. The van der Waals surface area contributed by atoms with Crippen LogP contribution in [0.2, 0.25) is 0 Å². The van der Waals surface area contributed by atoms with E-state index in [4.69, 9.17) is 9.52 Å². The number of carboxylic acids is 1. The van der Waals surface area contributed by atoms with Crippen LogP contribution in [-0.2, 0) is 16.6 Å². The van der Waals surface area contributed by atoms with Gasteiger partial charge in [0.25, 0.3) is 10.0 Å². The Kier molecular flexibility index (Phi) is 3.98. The predicted octanol–water partition coefficient (Wildman–Crippen LogP) is 2.17. The third-order valence-electron chi connectivity index (χ3n) is 2.85. The van der Waals surface area contributed by atoms with Crippen LogP contribution in [0.1, 0.15) is 21.7 Å². The van der Waals surface area contributed by atoms with Gasteiger partial charge in [-0.05, 0) is 19.1 Å². The van der Waals surface area contributed by atoms with Gasteiger partial charge in [0.2, 0.25) is 0 Å². The third-order valence-corrected chi connectivity index (χ3v) is 6.06. The summed E-state index contributed by atoms with van der Waals surface area (Å²) in [5.74, 6) is -0.486. The predicted molar refractivity (Wildman–Crippen MR) is 73.4 cm³/mol. The highest BCUT2D eigenvalue weighted by Gasteiger charge is 2.24. The van der Waals surface area contributed by atoms with Crippen LogP contribution in [0.15, 0.2) is 32.4 Å². The highest BCUT2D eigenvalue weighted by atomic mass is 32.2. The second-order valence-corrected chi connectivity index (χ2v) is 7.41. The molecule has 0 saturated heterocycles. The number of thiophene rings is 1. The molecule has 0 aromatic carbocycles. The third kappa shape index (κ3) is 2.77. The summed E-state index contributed by atoms with van der Waals surface area (Å²) >= 11 is 0.896. The van der Waals surface area contributed by atoms with E-state index >= 15 is 0 Å². The minimum atomic E-state index is -3.70. The lowest BCUT2D eigenvalue weighted by atomic mass is 10.3. The number of furan rings is 1. The zero-order valence-electron chi connectivity index (χ0n) is 10.9. The van der Waals surface area contributed by atoms with E-state index in [0.29, 0.717) is 5.76 Å². The second kappa shape index (κ2) is 5.39. The van der Waals surface area contributed by atoms with E-state index in [1.54, 1.807) is 13.0 Å². The highest BCUT2D eigenvalue weighted by molar-refractivity contribution is 7.91. The van der Waals surface area contributed by atoms with Crippen LogP contribution in [0.5, 0.6) is 0 Å². The Bertz CT molecular complexity index is 729. The molecule has 2 heterocycles. The zero-order valence-corrected chi connectivity index (χ0v) is 12.5. The van der Waals surface area contributed by atoms with Crippen LogP contribution in [-0.4, -0.2) is 30.8 Å². The maximum absolute atomic E-state index is 12.3. The maximum Gasteiger partial charge on any atom is 0.336 e.